The number of aryl methyl sites for hydroxylation is 1. The second kappa shape index (κ2) is 8.32. The van der Waals surface area contributed by atoms with Crippen LogP contribution in [0, 0.1) is 5.82 Å². The summed E-state index contributed by atoms with van der Waals surface area (Å²) in [5.41, 5.74) is 1.20. The Kier molecular flexibility index (Phi) is 5.88. The van der Waals surface area contributed by atoms with Crippen molar-refractivity contribution in [2.24, 2.45) is 7.05 Å². The van der Waals surface area contributed by atoms with Gasteiger partial charge in [-0.05, 0) is 42.8 Å². The van der Waals surface area contributed by atoms with E-state index in [4.69, 9.17) is 11.6 Å². The Hall–Kier alpha value is -2.31. The Morgan fingerprint density at radius 2 is 2.06 bits per heavy atom. The number of aromatic nitrogens is 2. The first-order valence-electron chi connectivity index (χ1n) is 9.25. The van der Waals surface area contributed by atoms with Gasteiger partial charge in [0, 0.05) is 30.9 Å². The number of amides is 1. The molecule has 0 bridgehead atoms. The molecule has 1 aliphatic rings. The molecule has 0 spiro atoms. The molecule has 1 fully saturated rings. The molecule has 164 valence electrons. The molecular weight excluding hydrogens is 465 g/mol. The van der Waals surface area contributed by atoms with E-state index in [1.54, 1.807) is 10.9 Å². The van der Waals surface area contributed by atoms with Gasteiger partial charge in [-0.25, -0.2) is 4.39 Å². The Balaban J connectivity index is 1.58. The van der Waals surface area contributed by atoms with E-state index >= 15 is 0 Å². The normalized spacial score (nSPS) is 21.2. The smallest absolute Gasteiger partial charge is 0.280 e. The van der Waals surface area contributed by atoms with Crippen LogP contribution in [0.2, 0.25) is 5.02 Å². The topological polar surface area (TPSA) is 96.3 Å². The van der Waals surface area contributed by atoms with Gasteiger partial charge in [0.15, 0.2) is 0 Å². The number of likely N-dealkylation sites (N-methyl/N-ethyl adjacent to an activating group) is 1. The first kappa shape index (κ1) is 21.9. The standard InChI is InChI=1S/C19H19ClFN5O3S2/c1-25-15(7-8-22-25)18-6-5-17(30-18)14-10-16(26(2)31(28,29)24-14)19(27)23-11-3-4-13(21)12(20)9-11/h3-9,14,16,24H,10H2,1-2H3,(H,23,27)/t14-,16+/m1/s1. The lowest BCUT2D eigenvalue weighted by molar-refractivity contribution is -0.120. The van der Waals surface area contributed by atoms with Crippen LogP contribution in [0.3, 0.4) is 0 Å². The maximum Gasteiger partial charge on any atom is 0.280 e. The minimum absolute atomic E-state index is 0.136. The van der Waals surface area contributed by atoms with E-state index in [1.165, 1.54) is 30.5 Å². The van der Waals surface area contributed by atoms with Crippen molar-refractivity contribution in [3.63, 3.8) is 0 Å². The fourth-order valence-corrected chi connectivity index (χ4v) is 6.04. The maximum absolute atomic E-state index is 13.4. The zero-order valence-corrected chi connectivity index (χ0v) is 18.9. The van der Waals surface area contributed by atoms with E-state index in [0.29, 0.717) is 0 Å². The maximum atomic E-state index is 13.4. The van der Waals surface area contributed by atoms with Crippen LogP contribution in [0.4, 0.5) is 10.1 Å². The van der Waals surface area contributed by atoms with E-state index in [2.05, 4.69) is 15.1 Å². The fraction of sp³-hybridized carbons (Fsp3) is 0.263. The molecule has 2 atom stereocenters. The number of nitrogens with zero attached hydrogens (tertiary/aromatic N) is 3. The molecule has 2 N–H and O–H groups in total. The molecule has 12 heteroatoms. The van der Waals surface area contributed by atoms with Crippen LogP contribution in [0.5, 0.6) is 0 Å². The molecule has 3 heterocycles. The monoisotopic (exact) mass is 483 g/mol. The third-order valence-electron chi connectivity index (χ3n) is 5.10. The van der Waals surface area contributed by atoms with Crippen LogP contribution < -0.4 is 10.0 Å². The van der Waals surface area contributed by atoms with Gasteiger partial charge in [0.25, 0.3) is 10.2 Å². The molecule has 1 saturated heterocycles. The van der Waals surface area contributed by atoms with Gasteiger partial charge in [0.2, 0.25) is 5.91 Å². The van der Waals surface area contributed by atoms with Crippen LogP contribution >= 0.6 is 22.9 Å². The molecule has 0 unspecified atom stereocenters. The molecule has 1 aromatic carbocycles. The van der Waals surface area contributed by atoms with Crippen molar-refractivity contribution in [3.05, 3.63) is 58.3 Å². The third-order valence-corrected chi connectivity index (χ3v) is 8.21. The molecule has 1 aliphatic heterocycles. The second-order valence-electron chi connectivity index (χ2n) is 7.10. The lowest BCUT2D eigenvalue weighted by Crippen LogP contribution is -2.55. The second-order valence-corrected chi connectivity index (χ2v) is 10.4. The highest BCUT2D eigenvalue weighted by molar-refractivity contribution is 7.87. The van der Waals surface area contributed by atoms with E-state index < -0.39 is 34.0 Å². The largest absolute Gasteiger partial charge is 0.325 e. The molecule has 8 nitrogen and oxygen atoms in total. The summed E-state index contributed by atoms with van der Waals surface area (Å²) in [6.45, 7) is 0. The van der Waals surface area contributed by atoms with E-state index in [-0.39, 0.29) is 17.1 Å². The number of thiophene rings is 1. The van der Waals surface area contributed by atoms with Crippen LogP contribution in [-0.2, 0) is 22.1 Å². The lowest BCUT2D eigenvalue weighted by atomic mass is 10.1. The summed E-state index contributed by atoms with van der Waals surface area (Å²) < 4.78 is 44.1. The summed E-state index contributed by atoms with van der Waals surface area (Å²) in [6, 6.07) is 7.88. The van der Waals surface area contributed by atoms with Gasteiger partial charge in [0.05, 0.1) is 21.6 Å². The van der Waals surface area contributed by atoms with Crippen molar-refractivity contribution in [1.29, 1.82) is 0 Å². The molecule has 1 amide bonds. The summed E-state index contributed by atoms with van der Waals surface area (Å²) in [4.78, 5) is 14.6. The number of nitrogens with one attached hydrogen (secondary N) is 2. The number of anilines is 1. The molecule has 31 heavy (non-hydrogen) atoms. The van der Waals surface area contributed by atoms with Gasteiger partial charge in [-0.15, -0.1) is 11.3 Å². The number of rotatable bonds is 4. The highest BCUT2D eigenvalue weighted by Gasteiger charge is 2.41. The average Bonchev–Trinajstić information content (AvgIpc) is 3.35. The summed E-state index contributed by atoms with van der Waals surface area (Å²) in [7, 11) is -0.716. The molecule has 2 aromatic heterocycles. The predicted molar refractivity (Wildman–Crippen MR) is 118 cm³/mol. The van der Waals surface area contributed by atoms with E-state index in [0.717, 1.165) is 25.8 Å². The van der Waals surface area contributed by atoms with Gasteiger partial charge in [-0.2, -0.15) is 22.5 Å². The van der Waals surface area contributed by atoms with Crippen molar-refractivity contribution >= 4 is 44.7 Å². The SMILES string of the molecule is CN1[C@H](C(=O)Nc2ccc(F)c(Cl)c2)C[C@H](c2ccc(-c3ccnn3C)s2)NS1(=O)=O. The number of benzene rings is 1. The van der Waals surface area contributed by atoms with Crippen LogP contribution in [0.1, 0.15) is 17.3 Å². The van der Waals surface area contributed by atoms with Gasteiger partial charge in [0.1, 0.15) is 11.9 Å². The first-order valence-corrected chi connectivity index (χ1v) is 11.9. The number of halogens is 2. The molecule has 0 radical (unpaired) electrons. The molecule has 4 rings (SSSR count). The van der Waals surface area contributed by atoms with Crippen LogP contribution in [0.25, 0.3) is 10.6 Å². The Morgan fingerprint density at radius 1 is 1.29 bits per heavy atom. The van der Waals surface area contributed by atoms with E-state index in [9.17, 15) is 17.6 Å². The molecule has 0 aliphatic carbocycles. The van der Waals surface area contributed by atoms with Crippen molar-refractivity contribution in [3.8, 4) is 10.6 Å². The lowest BCUT2D eigenvalue weighted by Gasteiger charge is -2.35. The first-order chi connectivity index (χ1) is 14.7. The minimum atomic E-state index is -3.89. The molecule has 0 saturated carbocycles. The zero-order valence-electron chi connectivity index (χ0n) is 16.5. The summed E-state index contributed by atoms with van der Waals surface area (Å²) in [6.07, 6.45) is 1.91. The number of carbonyl (C=O) groups excluding carboxylic acids is 1. The Morgan fingerprint density at radius 3 is 2.74 bits per heavy atom. The summed E-state index contributed by atoms with van der Waals surface area (Å²) in [5, 5.41) is 6.64. The number of hydrogen-bond acceptors (Lipinski definition) is 5. The highest BCUT2D eigenvalue weighted by Crippen LogP contribution is 2.36. The Labute approximate surface area is 187 Å². The van der Waals surface area contributed by atoms with Crippen molar-refractivity contribution < 1.29 is 17.6 Å². The van der Waals surface area contributed by atoms with Crippen molar-refractivity contribution in [1.82, 2.24) is 18.8 Å². The predicted octanol–water partition coefficient (Wildman–Crippen LogP) is 3.16. The average molecular weight is 484 g/mol. The van der Waals surface area contributed by atoms with Crippen LogP contribution in [-0.4, -0.2) is 41.5 Å². The van der Waals surface area contributed by atoms with Crippen LogP contribution in [0.15, 0.2) is 42.6 Å². The summed E-state index contributed by atoms with van der Waals surface area (Å²) in [5.74, 6) is -1.13. The minimum Gasteiger partial charge on any atom is -0.325 e. The third kappa shape index (κ3) is 4.37. The number of hydrogen-bond donors (Lipinski definition) is 2. The van der Waals surface area contributed by atoms with Gasteiger partial charge in [-0.1, -0.05) is 11.6 Å². The quantitative estimate of drug-likeness (QED) is 0.595. The van der Waals surface area contributed by atoms with Crippen molar-refractivity contribution in [2.45, 2.75) is 18.5 Å². The number of carbonyl (C=O) groups is 1. The Bertz CT molecular complexity index is 1240. The zero-order chi connectivity index (χ0) is 22.3. The van der Waals surface area contributed by atoms with Gasteiger partial charge >= 0.3 is 0 Å². The van der Waals surface area contributed by atoms with Crippen molar-refractivity contribution in [2.75, 3.05) is 12.4 Å². The van der Waals surface area contributed by atoms with Gasteiger partial charge < -0.3 is 5.32 Å². The molecular formula is C19H19ClFN5O3S2. The van der Waals surface area contributed by atoms with E-state index in [1.807, 2.05) is 25.2 Å². The fourth-order valence-electron chi connectivity index (χ4n) is 3.39. The molecule has 3 aromatic rings. The summed E-state index contributed by atoms with van der Waals surface area (Å²) >= 11 is 7.21. The highest BCUT2D eigenvalue weighted by atomic mass is 35.5. The van der Waals surface area contributed by atoms with Gasteiger partial charge in [-0.3, -0.25) is 9.48 Å².